The molecule has 0 N–H and O–H groups in total. The highest BCUT2D eigenvalue weighted by molar-refractivity contribution is 9.10. The fraction of sp³-hybridized carbons (Fsp3) is 0.250. The van der Waals surface area contributed by atoms with Gasteiger partial charge >= 0.3 is 0 Å². The molecular weight excluding hydrogens is 268 g/mol. The maximum atomic E-state index is 5.20. The molecule has 84 valence electrons. The Hall–Kier alpha value is -1.29. The Morgan fingerprint density at radius 3 is 2.56 bits per heavy atom. The highest BCUT2D eigenvalue weighted by atomic mass is 79.9. The number of benzene rings is 1. The standard InChI is InChI=1S/C12H13BrN2O/c1-8-7-15(9(2)14-8)10-4-5-12(16-3)11(13)6-10/h4-7H,1-3H3. The van der Waals surface area contributed by atoms with Crippen molar-refractivity contribution >= 4 is 15.9 Å². The third-order valence-electron chi connectivity index (χ3n) is 2.42. The number of nitrogens with zero attached hydrogens (tertiary/aromatic N) is 2. The van der Waals surface area contributed by atoms with Gasteiger partial charge in [-0.05, 0) is 48.0 Å². The molecule has 0 aliphatic rings. The van der Waals surface area contributed by atoms with Crippen molar-refractivity contribution < 1.29 is 4.74 Å². The van der Waals surface area contributed by atoms with Gasteiger partial charge in [0.15, 0.2) is 0 Å². The van der Waals surface area contributed by atoms with Gasteiger partial charge < -0.3 is 9.30 Å². The zero-order valence-electron chi connectivity index (χ0n) is 9.49. The van der Waals surface area contributed by atoms with Crippen molar-refractivity contribution in [3.05, 3.63) is 40.4 Å². The van der Waals surface area contributed by atoms with Crippen molar-refractivity contribution in [1.82, 2.24) is 9.55 Å². The van der Waals surface area contributed by atoms with Gasteiger partial charge in [0.05, 0.1) is 17.3 Å². The summed E-state index contributed by atoms with van der Waals surface area (Å²) < 4.78 is 8.20. The van der Waals surface area contributed by atoms with Gasteiger partial charge in [-0.2, -0.15) is 0 Å². The van der Waals surface area contributed by atoms with Gasteiger partial charge in [-0.1, -0.05) is 0 Å². The first-order valence-corrected chi connectivity index (χ1v) is 5.77. The van der Waals surface area contributed by atoms with Crippen LogP contribution in [0, 0.1) is 13.8 Å². The van der Waals surface area contributed by atoms with Crippen molar-refractivity contribution in [2.45, 2.75) is 13.8 Å². The van der Waals surface area contributed by atoms with Crippen LogP contribution in [-0.4, -0.2) is 16.7 Å². The molecule has 16 heavy (non-hydrogen) atoms. The number of ether oxygens (including phenoxy) is 1. The number of methoxy groups -OCH3 is 1. The SMILES string of the molecule is COc1ccc(-n2cc(C)nc2C)cc1Br. The van der Waals surface area contributed by atoms with E-state index in [4.69, 9.17) is 4.74 Å². The van der Waals surface area contributed by atoms with E-state index in [1.807, 2.05) is 38.2 Å². The molecule has 0 amide bonds. The van der Waals surface area contributed by atoms with Gasteiger partial charge in [0.25, 0.3) is 0 Å². The molecule has 3 nitrogen and oxygen atoms in total. The topological polar surface area (TPSA) is 27.1 Å². The number of hydrogen-bond acceptors (Lipinski definition) is 2. The Morgan fingerprint density at radius 2 is 2.06 bits per heavy atom. The summed E-state index contributed by atoms with van der Waals surface area (Å²) in [6.45, 7) is 3.98. The minimum Gasteiger partial charge on any atom is -0.496 e. The first-order chi connectivity index (χ1) is 7.61. The number of hydrogen-bond donors (Lipinski definition) is 0. The first-order valence-electron chi connectivity index (χ1n) is 4.98. The number of aromatic nitrogens is 2. The highest BCUT2D eigenvalue weighted by Crippen LogP contribution is 2.27. The van der Waals surface area contributed by atoms with Gasteiger partial charge in [-0.3, -0.25) is 0 Å². The molecule has 4 heteroatoms. The molecule has 0 aliphatic carbocycles. The predicted octanol–water partition coefficient (Wildman–Crippen LogP) is 3.26. The van der Waals surface area contributed by atoms with E-state index in [1.54, 1.807) is 7.11 Å². The summed E-state index contributed by atoms with van der Waals surface area (Å²) in [5.74, 6) is 1.81. The lowest BCUT2D eigenvalue weighted by Gasteiger charge is -2.08. The summed E-state index contributed by atoms with van der Waals surface area (Å²) in [7, 11) is 1.66. The summed E-state index contributed by atoms with van der Waals surface area (Å²) >= 11 is 3.48. The van der Waals surface area contributed by atoms with E-state index >= 15 is 0 Å². The summed E-state index contributed by atoms with van der Waals surface area (Å²) in [5, 5.41) is 0. The van der Waals surface area contributed by atoms with Crippen LogP contribution < -0.4 is 4.74 Å². The fourth-order valence-electron chi connectivity index (χ4n) is 1.68. The molecule has 0 unspecified atom stereocenters. The van der Waals surface area contributed by atoms with Crippen molar-refractivity contribution in [1.29, 1.82) is 0 Å². The van der Waals surface area contributed by atoms with Crippen LogP contribution in [0.2, 0.25) is 0 Å². The largest absolute Gasteiger partial charge is 0.496 e. The summed E-state index contributed by atoms with van der Waals surface area (Å²) in [4.78, 5) is 4.38. The van der Waals surface area contributed by atoms with E-state index in [0.717, 1.165) is 27.4 Å². The fourth-order valence-corrected chi connectivity index (χ4v) is 2.21. The van der Waals surface area contributed by atoms with Crippen LogP contribution in [0.25, 0.3) is 5.69 Å². The number of imidazole rings is 1. The quantitative estimate of drug-likeness (QED) is 0.844. The van der Waals surface area contributed by atoms with E-state index in [2.05, 4.69) is 25.5 Å². The second kappa shape index (κ2) is 4.29. The van der Waals surface area contributed by atoms with Crippen molar-refractivity contribution in [2.75, 3.05) is 7.11 Å². The van der Waals surface area contributed by atoms with Crippen LogP contribution in [-0.2, 0) is 0 Å². The summed E-state index contributed by atoms with van der Waals surface area (Å²) in [6.07, 6.45) is 2.02. The number of rotatable bonds is 2. The van der Waals surface area contributed by atoms with Gasteiger partial charge in [0, 0.05) is 11.9 Å². The molecule has 0 fully saturated rings. The third-order valence-corrected chi connectivity index (χ3v) is 3.04. The van der Waals surface area contributed by atoms with E-state index in [1.165, 1.54) is 0 Å². The van der Waals surface area contributed by atoms with E-state index in [-0.39, 0.29) is 0 Å². The molecule has 0 saturated carbocycles. The smallest absolute Gasteiger partial charge is 0.133 e. The molecule has 0 bridgehead atoms. The molecule has 0 spiro atoms. The van der Waals surface area contributed by atoms with Crippen LogP contribution in [0.3, 0.4) is 0 Å². The van der Waals surface area contributed by atoms with Crippen LogP contribution in [0.1, 0.15) is 11.5 Å². The van der Waals surface area contributed by atoms with E-state index in [9.17, 15) is 0 Å². The van der Waals surface area contributed by atoms with Crippen LogP contribution in [0.5, 0.6) is 5.75 Å². The lowest BCUT2D eigenvalue weighted by Crippen LogP contribution is -1.96. The minimum absolute atomic E-state index is 0.832. The lowest BCUT2D eigenvalue weighted by molar-refractivity contribution is 0.412. The monoisotopic (exact) mass is 280 g/mol. The third kappa shape index (κ3) is 1.97. The lowest BCUT2D eigenvalue weighted by atomic mass is 10.3. The number of aryl methyl sites for hydroxylation is 2. The minimum atomic E-state index is 0.832. The van der Waals surface area contributed by atoms with Gasteiger partial charge in [0.1, 0.15) is 11.6 Å². The molecule has 1 aromatic carbocycles. The Bertz CT molecular complexity index is 520. The van der Waals surface area contributed by atoms with Gasteiger partial charge in [-0.25, -0.2) is 4.98 Å². The second-order valence-electron chi connectivity index (χ2n) is 3.62. The predicted molar refractivity (Wildman–Crippen MR) is 67.3 cm³/mol. The van der Waals surface area contributed by atoms with E-state index < -0.39 is 0 Å². The van der Waals surface area contributed by atoms with Crippen molar-refractivity contribution in [3.8, 4) is 11.4 Å². The number of halogens is 1. The second-order valence-corrected chi connectivity index (χ2v) is 4.47. The van der Waals surface area contributed by atoms with Crippen LogP contribution >= 0.6 is 15.9 Å². The summed E-state index contributed by atoms with van der Waals surface area (Å²) in [6, 6.07) is 5.97. The van der Waals surface area contributed by atoms with E-state index in [0.29, 0.717) is 0 Å². The zero-order chi connectivity index (χ0) is 11.7. The zero-order valence-corrected chi connectivity index (χ0v) is 11.1. The van der Waals surface area contributed by atoms with Gasteiger partial charge in [-0.15, -0.1) is 0 Å². The first kappa shape index (κ1) is 11.2. The normalized spacial score (nSPS) is 10.5. The van der Waals surface area contributed by atoms with Gasteiger partial charge in [0.2, 0.25) is 0 Å². The average molecular weight is 281 g/mol. The molecular formula is C12H13BrN2O. The van der Waals surface area contributed by atoms with Crippen molar-refractivity contribution in [2.24, 2.45) is 0 Å². The van der Waals surface area contributed by atoms with Crippen molar-refractivity contribution in [3.63, 3.8) is 0 Å². The molecule has 1 heterocycles. The summed E-state index contributed by atoms with van der Waals surface area (Å²) in [5.41, 5.74) is 2.09. The molecule has 0 aliphatic heterocycles. The maximum Gasteiger partial charge on any atom is 0.133 e. The Kier molecular flexibility index (Phi) is 3.01. The molecule has 2 rings (SSSR count). The Labute approximate surface area is 103 Å². The maximum absolute atomic E-state index is 5.20. The highest BCUT2D eigenvalue weighted by Gasteiger charge is 2.06. The molecule has 0 radical (unpaired) electrons. The molecule has 0 atom stereocenters. The Balaban J connectivity index is 2.49. The molecule has 1 aromatic heterocycles. The van der Waals surface area contributed by atoms with Crippen LogP contribution in [0.15, 0.2) is 28.9 Å². The van der Waals surface area contributed by atoms with Crippen LogP contribution in [0.4, 0.5) is 0 Å². The Morgan fingerprint density at radius 1 is 1.31 bits per heavy atom. The molecule has 0 saturated heterocycles. The molecule has 2 aromatic rings. The average Bonchev–Trinajstić information content (AvgIpc) is 2.58.